The summed E-state index contributed by atoms with van der Waals surface area (Å²) in [5, 5.41) is 2.68. The van der Waals surface area contributed by atoms with E-state index in [1.54, 1.807) is 24.3 Å². The van der Waals surface area contributed by atoms with Crippen molar-refractivity contribution in [2.24, 2.45) is 0 Å². The van der Waals surface area contributed by atoms with Gasteiger partial charge in [0.1, 0.15) is 5.60 Å². The summed E-state index contributed by atoms with van der Waals surface area (Å²) in [4.78, 5) is 29.0. The third-order valence-electron chi connectivity index (χ3n) is 5.09. The van der Waals surface area contributed by atoms with Crippen LogP contribution in [0.5, 0.6) is 0 Å². The van der Waals surface area contributed by atoms with Crippen LogP contribution in [0, 0.1) is 6.92 Å². The van der Waals surface area contributed by atoms with Crippen LogP contribution in [0.15, 0.2) is 48.5 Å². The molecule has 3 rings (SSSR count). The Hall–Kier alpha value is -2.86. The molecule has 30 heavy (non-hydrogen) atoms. The van der Waals surface area contributed by atoms with E-state index in [2.05, 4.69) is 41.4 Å². The number of aryl methyl sites for hydroxylation is 1. The van der Waals surface area contributed by atoms with Crippen molar-refractivity contribution >= 4 is 17.7 Å². The molecule has 6 nitrogen and oxygen atoms in total. The minimum absolute atomic E-state index is 0.0226. The van der Waals surface area contributed by atoms with E-state index >= 15 is 0 Å². The largest absolute Gasteiger partial charge is 0.444 e. The lowest BCUT2D eigenvalue weighted by atomic mass is 10.1. The monoisotopic (exact) mass is 409 g/mol. The molecule has 0 unspecified atom stereocenters. The van der Waals surface area contributed by atoms with E-state index in [1.807, 2.05) is 25.7 Å². The molecule has 1 aliphatic heterocycles. The Morgan fingerprint density at radius 3 is 2.20 bits per heavy atom. The van der Waals surface area contributed by atoms with E-state index in [9.17, 15) is 9.59 Å². The van der Waals surface area contributed by atoms with E-state index in [-0.39, 0.29) is 5.91 Å². The lowest BCUT2D eigenvalue weighted by Gasteiger charge is -2.35. The van der Waals surface area contributed by atoms with Gasteiger partial charge in [0.15, 0.2) is 0 Å². The zero-order valence-electron chi connectivity index (χ0n) is 18.3. The van der Waals surface area contributed by atoms with Crippen molar-refractivity contribution in [3.63, 3.8) is 0 Å². The van der Waals surface area contributed by atoms with Crippen LogP contribution in [0.2, 0.25) is 0 Å². The van der Waals surface area contributed by atoms with Gasteiger partial charge < -0.3 is 9.64 Å². The van der Waals surface area contributed by atoms with E-state index in [1.165, 1.54) is 11.1 Å². The van der Waals surface area contributed by atoms with E-state index in [0.717, 1.165) is 19.6 Å². The fourth-order valence-electron chi connectivity index (χ4n) is 3.44. The van der Waals surface area contributed by atoms with Crippen LogP contribution in [0.4, 0.5) is 10.5 Å². The molecule has 0 spiro atoms. The number of anilines is 1. The molecule has 2 aromatic rings. The summed E-state index contributed by atoms with van der Waals surface area (Å²) in [6.45, 7) is 11.6. The number of amides is 2. The first kappa shape index (κ1) is 21.8. The summed E-state index contributed by atoms with van der Waals surface area (Å²) in [6.07, 6.45) is -0.508. The van der Waals surface area contributed by atoms with Gasteiger partial charge in [-0.25, -0.2) is 4.79 Å². The topological polar surface area (TPSA) is 61.9 Å². The summed E-state index contributed by atoms with van der Waals surface area (Å²) in [6, 6.07) is 15.4. The molecule has 0 saturated carbocycles. The van der Waals surface area contributed by atoms with Crippen LogP contribution < -0.4 is 5.32 Å². The van der Waals surface area contributed by atoms with Gasteiger partial charge in [-0.05, 0) is 63.1 Å². The molecule has 0 aromatic heterocycles. The molecule has 1 fully saturated rings. The average Bonchev–Trinajstić information content (AvgIpc) is 2.69. The average molecular weight is 410 g/mol. The Morgan fingerprint density at radius 2 is 1.60 bits per heavy atom. The third kappa shape index (κ3) is 6.07. The van der Waals surface area contributed by atoms with Crippen LogP contribution in [0.1, 0.15) is 42.3 Å². The summed E-state index contributed by atoms with van der Waals surface area (Å²) in [5.41, 5.74) is 3.31. The molecule has 2 amide bonds. The predicted molar refractivity (Wildman–Crippen MR) is 119 cm³/mol. The maximum Gasteiger partial charge on any atom is 0.412 e. The Labute approximate surface area is 178 Å². The number of benzene rings is 2. The van der Waals surface area contributed by atoms with Crippen LogP contribution in [0.3, 0.4) is 0 Å². The number of carbonyl (C=O) groups excluding carboxylic acids is 2. The Kier molecular flexibility index (Phi) is 6.77. The second-order valence-electron chi connectivity index (χ2n) is 8.70. The second kappa shape index (κ2) is 9.30. The summed E-state index contributed by atoms with van der Waals surface area (Å²) in [5.74, 6) is 0.0226. The highest BCUT2D eigenvalue weighted by Crippen LogP contribution is 2.16. The molecular weight excluding hydrogens is 378 g/mol. The Bertz CT molecular complexity index is 879. The first-order valence-corrected chi connectivity index (χ1v) is 10.4. The number of rotatable bonds is 4. The minimum atomic E-state index is -0.554. The highest BCUT2D eigenvalue weighted by Gasteiger charge is 2.22. The lowest BCUT2D eigenvalue weighted by Crippen LogP contribution is -2.48. The number of ether oxygens (including phenoxy) is 1. The SMILES string of the molecule is Cc1ccccc1CN1CCN(C(=O)c2ccc(NC(=O)OC(C)(C)C)cc2)CC1. The van der Waals surface area contributed by atoms with Crippen LogP contribution >= 0.6 is 0 Å². The zero-order chi connectivity index (χ0) is 21.7. The minimum Gasteiger partial charge on any atom is -0.444 e. The fraction of sp³-hybridized carbons (Fsp3) is 0.417. The van der Waals surface area contributed by atoms with E-state index in [0.29, 0.717) is 24.3 Å². The van der Waals surface area contributed by atoms with Crippen LogP contribution in [0.25, 0.3) is 0 Å². The second-order valence-corrected chi connectivity index (χ2v) is 8.70. The maximum atomic E-state index is 12.8. The van der Waals surface area contributed by atoms with Crippen molar-refractivity contribution in [1.29, 1.82) is 0 Å². The van der Waals surface area contributed by atoms with Gasteiger partial charge in [0, 0.05) is 44.0 Å². The number of nitrogens with zero attached hydrogens (tertiary/aromatic N) is 2. The number of nitrogens with one attached hydrogen (secondary N) is 1. The molecule has 6 heteroatoms. The van der Waals surface area contributed by atoms with Crippen molar-refractivity contribution in [1.82, 2.24) is 9.80 Å². The third-order valence-corrected chi connectivity index (χ3v) is 5.09. The molecular formula is C24H31N3O3. The first-order chi connectivity index (χ1) is 14.2. The van der Waals surface area contributed by atoms with Gasteiger partial charge in [-0.1, -0.05) is 24.3 Å². The Morgan fingerprint density at radius 1 is 0.967 bits per heavy atom. The van der Waals surface area contributed by atoms with Gasteiger partial charge in [0.2, 0.25) is 0 Å². The van der Waals surface area contributed by atoms with E-state index in [4.69, 9.17) is 4.74 Å². The molecule has 160 valence electrons. The summed E-state index contributed by atoms with van der Waals surface area (Å²) >= 11 is 0. The highest BCUT2D eigenvalue weighted by molar-refractivity contribution is 5.95. The van der Waals surface area contributed by atoms with E-state index < -0.39 is 11.7 Å². The van der Waals surface area contributed by atoms with Crippen molar-refractivity contribution in [3.05, 3.63) is 65.2 Å². The number of carbonyl (C=O) groups is 2. The molecule has 0 bridgehead atoms. The van der Waals surface area contributed by atoms with Crippen molar-refractivity contribution in [3.8, 4) is 0 Å². The van der Waals surface area contributed by atoms with Gasteiger partial charge in [0.25, 0.3) is 5.91 Å². The van der Waals surface area contributed by atoms with Gasteiger partial charge >= 0.3 is 6.09 Å². The van der Waals surface area contributed by atoms with Gasteiger partial charge in [-0.3, -0.25) is 15.0 Å². The van der Waals surface area contributed by atoms with Crippen molar-refractivity contribution in [2.45, 2.75) is 39.8 Å². The standard InChI is InChI=1S/C24H31N3O3/c1-18-7-5-6-8-20(18)17-26-13-15-27(16-14-26)22(28)19-9-11-21(12-10-19)25-23(29)30-24(2,3)4/h5-12H,13-17H2,1-4H3,(H,25,29). The van der Waals surface area contributed by atoms with Crippen molar-refractivity contribution in [2.75, 3.05) is 31.5 Å². The molecule has 1 saturated heterocycles. The van der Waals surface area contributed by atoms with Crippen molar-refractivity contribution < 1.29 is 14.3 Å². The fourth-order valence-corrected chi connectivity index (χ4v) is 3.44. The van der Waals surface area contributed by atoms with Gasteiger partial charge in [-0.2, -0.15) is 0 Å². The lowest BCUT2D eigenvalue weighted by molar-refractivity contribution is 0.0624. The number of hydrogen-bond donors (Lipinski definition) is 1. The maximum absolute atomic E-state index is 12.8. The Balaban J connectivity index is 1.51. The first-order valence-electron chi connectivity index (χ1n) is 10.4. The summed E-state index contributed by atoms with van der Waals surface area (Å²) in [7, 11) is 0. The molecule has 1 N–H and O–H groups in total. The smallest absolute Gasteiger partial charge is 0.412 e. The summed E-state index contributed by atoms with van der Waals surface area (Å²) < 4.78 is 5.24. The molecule has 0 aliphatic carbocycles. The number of hydrogen-bond acceptors (Lipinski definition) is 4. The quantitative estimate of drug-likeness (QED) is 0.818. The van der Waals surface area contributed by atoms with Crippen LogP contribution in [-0.2, 0) is 11.3 Å². The normalized spacial score (nSPS) is 15.0. The zero-order valence-corrected chi connectivity index (χ0v) is 18.3. The molecule has 1 aliphatic rings. The number of piperazine rings is 1. The highest BCUT2D eigenvalue weighted by atomic mass is 16.6. The molecule has 0 radical (unpaired) electrons. The van der Waals surface area contributed by atoms with Gasteiger partial charge in [0.05, 0.1) is 0 Å². The molecule has 1 heterocycles. The molecule has 2 aromatic carbocycles. The van der Waals surface area contributed by atoms with Crippen LogP contribution in [-0.4, -0.2) is 53.6 Å². The molecule has 0 atom stereocenters. The van der Waals surface area contributed by atoms with Gasteiger partial charge in [-0.15, -0.1) is 0 Å². The predicted octanol–water partition coefficient (Wildman–Crippen LogP) is 4.30.